The molecule has 0 saturated carbocycles. The first-order chi connectivity index (χ1) is 13.9. The summed E-state index contributed by atoms with van der Waals surface area (Å²) in [6.07, 6.45) is 0. The maximum atomic E-state index is 13.6. The van der Waals surface area contributed by atoms with Gasteiger partial charge in [0, 0.05) is 17.8 Å². The monoisotopic (exact) mass is 399 g/mol. The molecule has 2 amide bonds. The number of hydrogen-bond acceptors (Lipinski definition) is 4. The summed E-state index contributed by atoms with van der Waals surface area (Å²) in [4.78, 5) is 38.4. The highest BCUT2D eigenvalue weighted by Crippen LogP contribution is 2.22. The van der Waals surface area contributed by atoms with Gasteiger partial charge >= 0.3 is 11.7 Å². The summed E-state index contributed by atoms with van der Waals surface area (Å²) < 4.78 is 28.4. The van der Waals surface area contributed by atoms with Crippen LogP contribution in [0.2, 0.25) is 0 Å². The van der Waals surface area contributed by atoms with E-state index in [9.17, 15) is 23.2 Å². The van der Waals surface area contributed by atoms with Crippen LogP contribution in [0.25, 0.3) is 0 Å². The number of halogens is 2. The van der Waals surface area contributed by atoms with Crippen LogP contribution >= 0.6 is 0 Å². The zero-order valence-corrected chi connectivity index (χ0v) is 15.0. The summed E-state index contributed by atoms with van der Waals surface area (Å²) >= 11 is 0. The molecule has 29 heavy (non-hydrogen) atoms. The molecule has 1 N–H and O–H groups in total. The van der Waals surface area contributed by atoms with Gasteiger partial charge in [-0.2, -0.15) is 9.67 Å². The number of hydrogen-bond donors (Lipinski definition) is 1. The highest BCUT2D eigenvalue weighted by atomic mass is 19.1. The molecule has 0 bridgehead atoms. The van der Waals surface area contributed by atoms with E-state index >= 15 is 0 Å². The number of rotatable bonds is 5. The standard InChI is InChI=1S/C19H15F2N5O3/c20-13-5-7-14(8-6-13)24-10-16-23-25(19(29)26(16)18(24)28)11-17(27)22-9-12-3-1-2-4-15(12)21/h1-8H,9-11H2,(H,22,27). The molecule has 2 aromatic carbocycles. The quantitative estimate of drug-likeness (QED) is 0.706. The molecule has 8 nitrogen and oxygen atoms in total. The summed E-state index contributed by atoms with van der Waals surface area (Å²) in [6, 6.07) is 10.6. The minimum Gasteiger partial charge on any atom is -0.350 e. The fraction of sp³-hybridized carbons (Fsp3) is 0.158. The largest absolute Gasteiger partial charge is 0.354 e. The lowest BCUT2D eigenvalue weighted by Gasteiger charge is -2.14. The molecule has 1 aliphatic rings. The summed E-state index contributed by atoms with van der Waals surface area (Å²) in [7, 11) is 0. The topological polar surface area (TPSA) is 89.2 Å². The molecule has 3 aromatic rings. The number of amides is 2. The highest BCUT2D eigenvalue weighted by molar-refractivity contribution is 5.96. The third kappa shape index (κ3) is 3.51. The van der Waals surface area contributed by atoms with Gasteiger partial charge in [-0.05, 0) is 30.3 Å². The number of carbonyl (C=O) groups excluding carboxylic acids is 2. The Morgan fingerprint density at radius 3 is 2.48 bits per heavy atom. The second-order valence-electron chi connectivity index (χ2n) is 6.41. The maximum absolute atomic E-state index is 13.6. The zero-order chi connectivity index (χ0) is 20.5. The molecule has 1 aliphatic heterocycles. The molecule has 0 spiro atoms. The molecule has 0 saturated heterocycles. The summed E-state index contributed by atoms with van der Waals surface area (Å²) in [5, 5.41) is 6.55. The molecule has 4 rings (SSSR count). The van der Waals surface area contributed by atoms with Gasteiger partial charge in [0.2, 0.25) is 5.91 Å². The van der Waals surface area contributed by atoms with Crippen molar-refractivity contribution in [1.29, 1.82) is 0 Å². The molecular weight excluding hydrogens is 384 g/mol. The van der Waals surface area contributed by atoms with Gasteiger partial charge in [-0.1, -0.05) is 18.2 Å². The molecule has 0 fully saturated rings. The molecule has 1 aromatic heterocycles. The Kier molecular flexibility index (Phi) is 4.67. The number of benzene rings is 2. The van der Waals surface area contributed by atoms with Crippen molar-refractivity contribution in [2.24, 2.45) is 0 Å². The molecule has 148 valence electrons. The summed E-state index contributed by atoms with van der Waals surface area (Å²) in [6.45, 7) is -0.425. The number of nitrogens with zero attached hydrogens (tertiary/aromatic N) is 4. The van der Waals surface area contributed by atoms with Crippen LogP contribution in [0.1, 0.15) is 11.4 Å². The van der Waals surface area contributed by atoms with E-state index in [-0.39, 0.29) is 18.9 Å². The van der Waals surface area contributed by atoms with E-state index in [1.165, 1.54) is 41.3 Å². The lowest BCUT2D eigenvalue weighted by Crippen LogP contribution is -2.37. The van der Waals surface area contributed by atoms with Gasteiger partial charge in [0.05, 0.1) is 6.54 Å². The Morgan fingerprint density at radius 2 is 1.79 bits per heavy atom. The van der Waals surface area contributed by atoms with E-state index in [2.05, 4.69) is 10.4 Å². The number of anilines is 1. The Bertz CT molecular complexity index is 1150. The molecule has 10 heteroatoms. The van der Waals surface area contributed by atoms with E-state index in [0.717, 1.165) is 9.25 Å². The zero-order valence-electron chi connectivity index (χ0n) is 15.0. The summed E-state index contributed by atoms with van der Waals surface area (Å²) in [5.41, 5.74) is -0.0169. The van der Waals surface area contributed by atoms with Crippen molar-refractivity contribution in [3.63, 3.8) is 0 Å². The van der Waals surface area contributed by atoms with Gasteiger partial charge in [0.1, 0.15) is 18.2 Å². The van der Waals surface area contributed by atoms with Gasteiger partial charge in [-0.25, -0.2) is 23.1 Å². The maximum Gasteiger partial charge on any atom is 0.354 e. The van der Waals surface area contributed by atoms with Crippen LogP contribution in [0, 0.1) is 11.6 Å². The third-order valence-corrected chi connectivity index (χ3v) is 4.49. The minimum absolute atomic E-state index is 0.0174. The van der Waals surface area contributed by atoms with E-state index in [1.54, 1.807) is 12.1 Å². The van der Waals surface area contributed by atoms with Gasteiger partial charge in [0.15, 0.2) is 5.82 Å². The summed E-state index contributed by atoms with van der Waals surface area (Å²) in [5.74, 6) is -1.26. The van der Waals surface area contributed by atoms with Crippen LogP contribution in [0.15, 0.2) is 53.3 Å². The lowest BCUT2D eigenvalue weighted by molar-refractivity contribution is -0.122. The first-order valence-corrected chi connectivity index (χ1v) is 8.70. The fourth-order valence-electron chi connectivity index (χ4n) is 3.03. The SMILES string of the molecule is O=C(Cn1nc2n(c1=O)C(=O)N(c1ccc(F)cc1)C2)NCc1ccccc1F. The second-order valence-corrected chi connectivity index (χ2v) is 6.41. The van der Waals surface area contributed by atoms with Crippen LogP contribution in [0.5, 0.6) is 0 Å². The van der Waals surface area contributed by atoms with Crippen molar-refractivity contribution in [2.45, 2.75) is 19.6 Å². The average Bonchev–Trinajstić information content (AvgIpc) is 3.18. The molecular formula is C19H15F2N5O3. The Balaban J connectivity index is 1.45. The molecule has 2 heterocycles. The van der Waals surface area contributed by atoms with Crippen molar-refractivity contribution in [3.8, 4) is 0 Å². The van der Waals surface area contributed by atoms with Crippen LogP contribution in [-0.2, 0) is 24.4 Å². The predicted molar refractivity (Wildman–Crippen MR) is 98.1 cm³/mol. The molecule has 0 radical (unpaired) electrons. The van der Waals surface area contributed by atoms with Crippen molar-refractivity contribution < 1.29 is 18.4 Å². The molecule has 0 unspecified atom stereocenters. The first kappa shape index (κ1) is 18.5. The highest BCUT2D eigenvalue weighted by Gasteiger charge is 2.33. The van der Waals surface area contributed by atoms with Gasteiger partial charge in [-0.3, -0.25) is 9.69 Å². The van der Waals surface area contributed by atoms with Gasteiger partial charge in [-0.15, -0.1) is 0 Å². The Labute approximate surface area is 163 Å². The van der Waals surface area contributed by atoms with Crippen LogP contribution < -0.4 is 15.9 Å². The van der Waals surface area contributed by atoms with Crippen molar-refractivity contribution in [3.05, 3.63) is 82.0 Å². The number of nitrogens with one attached hydrogen (secondary N) is 1. The normalized spacial score (nSPS) is 12.9. The van der Waals surface area contributed by atoms with Crippen LogP contribution in [0.4, 0.5) is 19.3 Å². The van der Waals surface area contributed by atoms with E-state index in [4.69, 9.17) is 0 Å². The molecule has 0 aliphatic carbocycles. The second kappa shape index (κ2) is 7.30. The third-order valence-electron chi connectivity index (χ3n) is 4.49. The van der Waals surface area contributed by atoms with Crippen molar-refractivity contribution >= 4 is 17.6 Å². The van der Waals surface area contributed by atoms with Crippen molar-refractivity contribution in [1.82, 2.24) is 19.7 Å². The van der Waals surface area contributed by atoms with Gasteiger partial charge < -0.3 is 5.32 Å². The smallest absolute Gasteiger partial charge is 0.350 e. The fourth-order valence-corrected chi connectivity index (χ4v) is 3.03. The first-order valence-electron chi connectivity index (χ1n) is 8.70. The number of fused-ring (bicyclic) bond motifs is 1. The van der Waals surface area contributed by atoms with E-state index < -0.39 is 35.8 Å². The van der Waals surface area contributed by atoms with Crippen LogP contribution in [0.3, 0.4) is 0 Å². The molecule has 0 atom stereocenters. The average molecular weight is 399 g/mol. The Hall–Kier alpha value is -3.82. The number of carbonyl (C=O) groups is 2. The predicted octanol–water partition coefficient (Wildman–Crippen LogP) is 1.63. The minimum atomic E-state index is -0.754. The van der Waals surface area contributed by atoms with Crippen molar-refractivity contribution in [2.75, 3.05) is 4.90 Å². The van der Waals surface area contributed by atoms with Gasteiger partial charge in [0.25, 0.3) is 0 Å². The Morgan fingerprint density at radius 1 is 1.07 bits per heavy atom. The lowest BCUT2D eigenvalue weighted by atomic mass is 10.2. The van der Waals surface area contributed by atoms with E-state index in [1.807, 2.05) is 0 Å². The van der Waals surface area contributed by atoms with Crippen LogP contribution in [-0.4, -0.2) is 26.3 Å². The van der Waals surface area contributed by atoms with E-state index in [0.29, 0.717) is 11.3 Å². The number of aromatic nitrogens is 3.